The molecule has 0 fully saturated rings. The first-order valence-electron chi connectivity index (χ1n) is 5.40. The summed E-state index contributed by atoms with van der Waals surface area (Å²) in [7, 11) is 0. The van der Waals surface area contributed by atoms with Crippen molar-refractivity contribution in [2.45, 2.75) is 22.9 Å². The lowest BCUT2D eigenvalue weighted by molar-refractivity contribution is -0.140. The predicted molar refractivity (Wildman–Crippen MR) is 74.6 cm³/mol. The van der Waals surface area contributed by atoms with Crippen molar-refractivity contribution in [3.63, 3.8) is 0 Å². The maximum atomic E-state index is 11.0. The van der Waals surface area contributed by atoms with Gasteiger partial charge in [-0.2, -0.15) is 0 Å². The van der Waals surface area contributed by atoms with Crippen molar-refractivity contribution < 1.29 is 19.8 Å². The van der Waals surface area contributed by atoms with E-state index in [0.29, 0.717) is 0 Å². The molecule has 6 heteroatoms. The van der Waals surface area contributed by atoms with Crippen LogP contribution < -0.4 is 5.32 Å². The quantitative estimate of drug-likeness (QED) is 0.392. The average Bonchev–Trinajstić information content (AvgIpc) is 2.34. The van der Waals surface area contributed by atoms with Crippen molar-refractivity contribution in [1.29, 1.82) is 0 Å². The second-order valence-corrected chi connectivity index (χ2v) is 5.01. The van der Waals surface area contributed by atoms with Gasteiger partial charge in [0.2, 0.25) is 0 Å². The molecular formula is C12H14INO4. The Hall–Kier alpha value is -1.15. The highest BCUT2D eigenvalue weighted by Gasteiger charge is 2.21. The number of carbonyl (C=O) groups is 2. The first-order chi connectivity index (χ1) is 8.50. The van der Waals surface area contributed by atoms with Crippen LogP contribution in [0.4, 0.5) is 0 Å². The van der Waals surface area contributed by atoms with E-state index >= 15 is 0 Å². The Morgan fingerprint density at radius 1 is 1.22 bits per heavy atom. The number of hydrogen-bond acceptors (Lipinski definition) is 3. The lowest BCUT2D eigenvalue weighted by atomic mass is 10.1. The van der Waals surface area contributed by atoms with Crippen LogP contribution in [0, 0.1) is 0 Å². The van der Waals surface area contributed by atoms with Crippen LogP contribution >= 0.6 is 22.6 Å². The van der Waals surface area contributed by atoms with Crippen LogP contribution in [-0.2, 0) is 9.59 Å². The van der Waals surface area contributed by atoms with E-state index in [0.717, 1.165) is 5.56 Å². The number of carboxylic acid groups (broad SMARTS) is 2. The monoisotopic (exact) mass is 363 g/mol. The van der Waals surface area contributed by atoms with Crippen molar-refractivity contribution in [3.05, 3.63) is 35.9 Å². The summed E-state index contributed by atoms with van der Waals surface area (Å²) >= 11 is 2.09. The van der Waals surface area contributed by atoms with Gasteiger partial charge in [0.1, 0.15) is 6.04 Å². The number of nitrogens with one attached hydrogen (secondary N) is 1. The zero-order valence-electron chi connectivity index (χ0n) is 9.54. The minimum atomic E-state index is -1.03. The van der Waals surface area contributed by atoms with Gasteiger partial charge >= 0.3 is 11.9 Å². The molecular weight excluding hydrogens is 349 g/mol. The Labute approximate surface area is 118 Å². The van der Waals surface area contributed by atoms with Gasteiger partial charge in [-0.1, -0.05) is 52.9 Å². The number of hydrogen-bond donors (Lipinski definition) is 3. The summed E-state index contributed by atoms with van der Waals surface area (Å²) in [6.45, 7) is 0. The third-order valence-corrected chi connectivity index (χ3v) is 3.46. The van der Waals surface area contributed by atoms with Gasteiger partial charge in [0.15, 0.2) is 0 Å². The van der Waals surface area contributed by atoms with Crippen molar-refractivity contribution in [2.75, 3.05) is 0 Å². The van der Waals surface area contributed by atoms with E-state index in [1.54, 1.807) is 0 Å². The molecule has 0 saturated carbocycles. The van der Waals surface area contributed by atoms with Gasteiger partial charge in [0.05, 0.1) is 4.05 Å². The van der Waals surface area contributed by atoms with E-state index < -0.39 is 18.0 Å². The van der Waals surface area contributed by atoms with Gasteiger partial charge < -0.3 is 10.2 Å². The predicted octanol–water partition coefficient (Wildman–Crippen LogP) is 2.03. The SMILES string of the molecule is O=C(O)CC[C@H](NC(I)c1ccccc1)C(=O)O. The van der Waals surface area contributed by atoms with Crippen LogP contribution in [-0.4, -0.2) is 28.2 Å². The molecule has 5 nitrogen and oxygen atoms in total. The smallest absolute Gasteiger partial charge is 0.320 e. The highest BCUT2D eigenvalue weighted by atomic mass is 127. The third kappa shape index (κ3) is 5.01. The second kappa shape index (κ2) is 7.32. The fourth-order valence-corrected chi connectivity index (χ4v) is 2.29. The molecule has 1 rings (SSSR count). The topological polar surface area (TPSA) is 86.6 Å². The summed E-state index contributed by atoms with van der Waals surface area (Å²) in [5, 5.41) is 20.5. The zero-order chi connectivity index (χ0) is 13.5. The first kappa shape index (κ1) is 14.9. The summed E-state index contributed by atoms with van der Waals surface area (Å²) in [6, 6.07) is 8.54. The van der Waals surface area contributed by atoms with Gasteiger partial charge in [0, 0.05) is 6.42 Å². The molecule has 3 N–H and O–H groups in total. The largest absolute Gasteiger partial charge is 0.481 e. The molecule has 18 heavy (non-hydrogen) atoms. The Bertz CT molecular complexity index is 410. The van der Waals surface area contributed by atoms with Crippen LogP contribution in [0.15, 0.2) is 30.3 Å². The summed E-state index contributed by atoms with van der Waals surface area (Å²) in [4.78, 5) is 21.5. The van der Waals surface area contributed by atoms with Crippen molar-refractivity contribution in [3.8, 4) is 0 Å². The van der Waals surface area contributed by atoms with Crippen LogP contribution in [0.5, 0.6) is 0 Å². The number of benzene rings is 1. The minimum Gasteiger partial charge on any atom is -0.481 e. The number of alkyl halides is 1. The highest BCUT2D eigenvalue weighted by molar-refractivity contribution is 14.1. The lowest BCUT2D eigenvalue weighted by Crippen LogP contribution is -2.37. The Kier molecular flexibility index (Phi) is 6.06. The maximum absolute atomic E-state index is 11.0. The summed E-state index contributed by atoms with van der Waals surface area (Å²) in [5.41, 5.74) is 0.958. The molecule has 0 saturated heterocycles. The maximum Gasteiger partial charge on any atom is 0.320 e. The molecule has 0 spiro atoms. The fourth-order valence-electron chi connectivity index (χ4n) is 1.44. The van der Waals surface area contributed by atoms with E-state index in [9.17, 15) is 9.59 Å². The number of carboxylic acids is 2. The van der Waals surface area contributed by atoms with Crippen LogP contribution in [0.2, 0.25) is 0 Å². The van der Waals surface area contributed by atoms with Crippen LogP contribution in [0.25, 0.3) is 0 Å². The number of halogens is 1. The molecule has 0 bridgehead atoms. The Balaban J connectivity index is 2.60. The summed E-state index contributed by atoms with van der Waals surface area (Å²) in [6.07, 6.45) is -0.0981. The molecule has 0 aliphatic carbocycles. The Morgan fingerprint density at radius 2 is 1.83 bits per heavy atom. The van der Waals surface area contributed by atoms with E-state index in [4.69, 9.17) is 10.2 Å². The molecule has 1 aromatic rings. The molecule has 0 amide bonds. The van der Waals surface area contributed by atoms with Crippen molar-refractivity contribution in [1.82, 2.24) is 5.32 Å². The zero-order valence-corrected chi connectivity index (χ0v) is 11.7. The molecule has 1 aromatic carbocycles. The molecule has 1 unspecified atom stereocenters. The highest BCUT2D eigenvalue weighted by Crippen LogP contribution is 2.21. The number of aliphatic carboxylic acids is 2. The van der Waals surface area contributed by atoms with E-state index in [-0.39, 0.29) is 16.9 Å². The molecule has 0 aromatic heterocycles. The third-order valence-electron chi connectivity index (χ3n) is 2.38. The van der Waals surface area contributed by atoms with Crippen molar-refractivity contribution in [2.24, 2.45) is 0 Å². The van der Waals surface area contributed by atoms with E-state index in [1.807, 2.05) is 30.3 Å². The fraction of sp³-hybridized carbons (Fsp3) is 0.333. The molecule has 0 heterocycles. The first-order valence-corrected chi connectivity index (χ1v) is 6.65. The molecule has 0 aliphatic rings. The summed E-state index contributed by atoms with van der Waals surface area (Å²) < 4.78 is -0.168. The molecule has 0 aliphatic heterocycles. The summed E-state index contributed by atoms with van der Waals surface area (Å²) in [5.74, 6) is -2.03. The van der Waals surface area contributed by atoms with E-state index in [2.05, 4.69) is 27.9 Å². The van der Waals surface area contributed by atoms with E-state index in [1.165, 1.54) is 0 Å². The van der Waals surface area contributed by atoms with Crippen molar-refractivity contribution >= 4 is 34.5 Å². The van der Waals surface area contributed by atoms with Gasteiger partial charge in [-0.3, -0.25) is 14.9 Å². The minimum absolute atomic E-state index is 0.0665. The van der Waals surface area contributed by atoms with Crippen LogP contribution in [0.1, 0.15) is 22.5 Å². The van der Waals surface area contributed by atoms with Crippen LogP contribution in [0.3, 0.4) is 0 Å². The normalized spacial score (nSPS) is 13.8. The van der Waals surface area contributed by atoms with Gasteiger partial charge in [-0.15, -0.1) is 0 Å². The lowest BCUT2D eigenvalue weighted by Gasteiger charge is -2.18. The number of rotatable bonds is 7. The molecule has 2 atom stereocenters. The standard InChI is InChI=1S/C12H14INO4/c13-11(8-4-2-1-3-5-8)14-9(12(17)18)6-7-10(15)16/h1-5,9,11,14H,6-7H2,(H,15,16)(H,17,18)/t9-,11?/m0/s1. The van der Waals surface area contributed by atoms with Gasteiger partial charge in [-0.05, 0) is 12.0 Å². The van der Waals surface area contributed by atoms with Gasteiger partial charge in [0.25, 0.3) is 0 Å². The molecule has 98 valence electrons. The molecule has 0 radical (unpaired) electrons. The van der Waals surface area contributed by atoms with Gasteiger partial charge in [-0.25, -0.2) is 0 Å². The Morgan fingerprint density at radius 3 is 2.33 bits per heavy atom. The second-order valence-electron chi connectivity index (χ2n) is 3.76. The average molecular weight is 363 g/mol.